The second kappa shape index (κ2) is 22.1. The summed E-state index contributed by atoms with van der Waals surface area (Å²) in [7, 11) is 0. The third kappa shape index (κ3) is 12.7. The number of esters is 2. The molecule has 0 bridgehead atoms. The van der Waals surface area contributed by atoms with Crippen molar-refractivity contribution in [3.05, 3.63) is 65.4 Å². The molecule has 3 aromatic rings. The minimum Gasteiger partial charge on any atom is -0.494 e. The van der Waals surface area contributed by atoms with E-state index in [0.29, 0.717) is 104 Å². The van der Waals surface area contributed by atoms with Gasteiger partial charge in [-0.2, -0.15) is 0 Å². The van der Waals surface area contributed by atoms with Gasteiger partial charge in [0.05, 0.1) is 37.6 Å². The Balaban J connectivity index is 1.21. The molecule has 0 radical (unpaired) electrons. The lowest BCUT2D eigenvalue weighted by atomic mass is 9.98. The number of hydrogen-bond acceptors (Lipinski definition) is 9. The molecule has 9 nitrogen and oxygen atoms in total. The Hall–Kier alpha value is -4.27. The van der Waals surface area contributed by atoms with E-state index < -0.39 is 5.92 Å². The van der Waals surface area contributed by atoms with Crippen LogP contribution >= 0.6 is 0 Å². The summed E-state index contributed by atoms with van der Waals surface area (Å²) in [4.78, 5) is 55.9. The number of ether oxygens (including phenoxy) is 4. The summed E-state index contributed by atoms with van der Waals surface area (Å²) in [6.45, 7) is 10.5. The Morgan fingerprint density at radius 1 is 0.642 bits per heavy atom. The van der Waals surface area contributed by atoms with Crippen LogP contribution in [0.2, 0.25) is 0 Å². The fourth-order valence-corrected chi connectivity index (χ4v) is 6.59. The Bertz CT molecular complexity index is 1650. The molecule has 0 aliphatic heterocycles. The van der Waals surface area contributed by atoms with Crippen LogP contribution in [0, 0.1) is 11.8 Å². The molecular weight excluding hydrogens is 670 g/mol. The summed E-state index contributed by atoms with van der Waals surface area (Å²) in [5, 5.41) is 0.833. The highest BCUT2D eigenvalue weighted by atomic mass is 16.5. The van der Waals surface area contributed by atoms with Crippen LogP contribution in [0.4, 0.5) is 0 Å². The summed E-state index contributed by atoms with van der Waals surface area (Å²) in [5.41, 5.74) is 1.78. The van der Waals surface area contributed by atoms with Crippen molar-refractivity contribution in [2.75, 3.05) is 26.4 Å². The molecule has 0 saturated heterocycles. The largest absolute Gasteiger partial charge is 0.494 e. The van der Waals surface area contributed by atoms with Gasteiger partial charge in [-0.1, -0.05) is 72.3 Å². The van der Waals surface area contributed by atoms with E-state index in [2.05, 4.69) is 27.7 Å². The first-order valence-corrected chi connectivity index (χ1v) is 20.0. The van der Waals surface area contributed by atoms with E-state index in [1.807, 2.05) is 24.3 Å². The minimum absolute atomic E-state index is 0.149. The lowest BCUT2D eigenvalue weighted by molar-refractivity contribution is -0.146. The number of Topliss-reactive ketones (excluding diaryl/α,β-unsaturated/α-hetero) is 2. The van der Waals surface area contributed by atoms with Crippen molar-refractivity contribution in [2.24, 2.45) is 11.8 Å². The highest BCUT2D eigenvalue weighted by Crippen LogP contribution is 2.36. The number of unbranched alkanes of at least 4 members (excludes halogenated alkanes) is 4. The smallest absolute Gasteiger partial charge is 0.305 e. The average Bonchev–Trinajstić information content (AvgIpc) is 3.42. The molecule has 1 aromatic heterocycles. The summed E-state index contributed by atoms with van der Waals surface area (Å²) in [6.07, 6.45) is 12.3. The predicted molar refractivity (Wildman–Crippen MR) is 207 cm³/mol. The fraction of sp³-hybridized carbons (Fsp3) is 0.568. The monoisotopic (exact) mass is 729 g/mol. The molecular formula is C44H59NO8. The van der Waals surface area contributed by atoms with Crippen molar-refractivity contribution >= 4 is 34.4 Å². The molecule has 3 unspecified atom stereocenters. The molecule has 3 atom stereocenters. The van der Waals surface area contributed by atoms with E-state index in [-0.39, 0.29) is 23.5 Å². The Morgan fingerprint density at radius 2 is 1.19 bits per heavy atom. The maximum absolute atomic E-state index is 13.5. The minimum atomic E-state index is -1.00. The van der Waals surface area contributed by atoms with E-state index in [9.17, 15) is 19.2 Å². The van der Waals surface area contributed by atoms with Gasteiger partial charge in [-0.3, -0.25) is 24.2 Å². The van der Waals surface area contributed by atoms with Gasteiger partial charge in [-0.25, -0.2) is 0 Å². The van der Waals surface area contributed by atoms with Crippen molar-refractivity contribution in [3.8, 4) is 11.5 Å². The van der Waals surface area contributed by atoms with E-state index in [1.54, 1.807) is 24.3 Å². The van der Waals surface area contributed by atoms with Crippen molar-refractivity contribution in [2.45, 2.75) is 124 Å². The second-order valence-corrected chi connectivity index (χ2v) is 14.3. The lowest BCUT2D eigenvalue weighted by Gasteiger charge is -2.14. The van der Waals surface area contributed by atoms with Crippen LogP contribution in [-0.4, -0.2) is 54.9 Å². The van der Waals surface area contributed by atoms with E-state index >= 15 is 0 Å². The molecule has 9 heteroatoms. The number of benzene rings is 2. The summed E-state index contributed by atoms with van der Waals surface area (Å²) in [6, 6.07) is 14.1. The van der Waals surface area contributed by atoms with E-state index in [0.717, 1.165) is 63.2 Å². The number of aromatic nitrogens is 1. The third-order valence-corrected chi connectivity index (χ3v) is 10.2. The van der Waals surface area contributed by atoms with Crippen LogP contribution < -0.4 is 9.47 Å². The highest BCUT2D eigenvalue weighted by molar-refractivity contribution is 6.29. The number of nitrogens with zero attached hydrogens (tertiary/aromatic N) is 1. The Labute approximate surface area is 315 Å². The van der Waals surface area contributed by atoms with Gasteiger partial charge < -0.3 is 18.9 Å². The van der Waals surface area contributed by atoms with Gasteiger partial charge in [0.15, 0.2) is 11.6 Å². The molecule has 0 spiro atoms. The van der Waals surface area contributed by atoms with Gasteiger partial charge in [0, 0.05) is 29.4 Å². The first-order chi connectivity index (χ1) is 25.8. The van der Waals surface area contributed by atoms with Gasteiger partial charge in [0.25, 0.3) is 0 Å². The van der Waals surface area contributed by atoms with E-state index in [1.165, 1.54) is 0 Å². The van der Waals surface area contributed by atoms with Crippen LogP contribution in [0.5, 0.6) is 11.5 Å². The molecule has 1 aliphatic rings. The molecule has 0 fully saturated rings. The highest BCUT2D eigenvalue weighted by Gasteiger charge is 2.40. The van der Waals surface area contributed by atoms with Gasteiger partial charge in [-0.15, -0.1) is 0 Å². The topological polar surface area (TPSA) is 118 Å². The molecule has 0 N–H and O–H groups in total. The van der Waals surface area contributed by atoms with Crippen molar-refractivity contribution in [1.29, 1.82) is 0 Å². The molecule has 53 heavy (non-hydrogen) atoms. The quantitative estimate of drug-likeness (QED) is 0.0477. The molecule has 1 heterocycles. The third-order valence-electron chi connectivity index (χ3n) is 10.2. The number of carbonyl (C=O) groups excluding carboxylic acids is 4. The van der Waals surface area contributed by atoms with Gasteiger partial charge in [0.1, 0.15) is 17.4 Å². The first kappa shape index (κ1) is 41.5. The van der Waals surface area contributed by atoms with Crippen LogP contribution in [0.15, 0.2) is 48.5 Å². The molecule has 4 rings (SSSR count). The standard InChI is InChI=1S/C44H59NO8/c1-5-9-15-31(7-3)29-52-40(46)17-11-13-25-50-34-21-24-38-33(27-34)19-23-39(45-38)42-43(48)36-22-20-35(28-37(36)44(42)49)51-26-14-12-18-41(47)53-30-32(8-4)16-10-6-2/h19-24,27-28,31-32,42H,5-18,25-26,29-30H2,1-4H3. The van der Waals surface area contributed by atoms with Gasteiger partial charge >= 0.3 is 11.9 Å². The summed E-state index contributed by atoms with van der Waals surface area (Å²) < 4.78 is 22.8. The average molecular weight is 730 g/mol. The number of carbonyl (C=O) groups is 4. The van der Waals surface area contributed by atoms with Crippen molar-refractivity contribution < 1.29 is 38.1 Å². The number of fused-ring (bicyclic) bond motifs is 2. The molecule has 0 saturated carbocycles. The number of pyridine rings is 1. The zero-order valence-electron chi connectivity index (χ0n) is 32.3. The summed E-state index contributed by atoms with van der Waals surface area (Å²) in [5.74, 6) is 0.171. The first-order valence-electron chi connectivity index (χ1n) is 20.0. The second-order valence-electron chi connectivity index (χ2n) is 14.3. The SMILES string of the molecule is CCCCC(CC)COC(=O)CCCCOc1ccc2c(c1)C(=O)C(c1ccc3cc(OCCCCC(=O)OCC(CC)CCCC)ccc3n1)C2=O. The zero-order valence-corrected chi connectivity index (χ0v) is 32.3. The fourth-order valence-electron chi connectivity index (χ4n) is 6.59. The van der Waals surface area contributed by atoms with Crippen LogP contribution in [0.1, 0.15) is 150 Å². The zero-order chi connectivity index (χ0) is 38.0. The normalized spacial score (nSPS) is 14.9. The van der Waals surface area contributed by atoms with Gasteiger partial charge in [0.2, 0.25) is 0 Å². The molecule has 2 aromatic carbocycles. The Morgan fingerprint density at radius 3 is 1.75 bits per heavy atom. The number of hydrogen-bond donors (Lipinski definition) is 0. The Kier molecular flexibility index (Phi) is 17.3. The molecule has 288 valence electrons. The maximum atomic E-state index is 13.5. The summed E-state index contributed by atoms with van der Waals surface area (Å²) >= 11 is 0. The molecule has 0 amide bonds. The van der Waals surface area contributed by atoms with Crippen LogP contribution in [0.25, 0.3) is 10.9 Å². The van der Waals surface area contributed by atoms with Gasteiger partial charge in [-0.05, 0) is 92.8 Å². The number of ketones is 2. The van der Waals surface area contributed by atoms with Crippen molar-refractivity contribution in [1.82, 2.24) is 4.98 Å². The lowest BCUT2D eigenvalue weighted by Crippen LogP contribution is -2.14. The predicted octanol–water partition coefficient (Wildman–Crippen LogP) is 10.0. The maximum Gasteiger partial charge on any atom is 0.305 e. The van der Waals surface area contributed by atoms with Crippen LogP contribution in [0.3, 0.4) is 0 Å². The molecule has 1 aliphatic carbocycles. The van der Waals surface area contributed by atoms with E-state index in [4.69, 9.17) is 23.9 Å². The number of rotatable bonds is 25. The van der Waals surface area contributed by atoms with Crippen molar-refractivity contribution in [3.63, 3.8) is 0 Å². The van der Waals surface area contributed by atoms with Crippen LogP contribution in [-0.2, 0) is 19.1 Å².